The largest absolute Gasteiger partial charge is 0.463 e. The van der Waals surface area contributed by atoms with Crippen molar-refractivity contribution in [1.29, 1.82) is 0 Å². The number of carbonyl (C=O) groups excluding carboxylic acids is 1. The molecule has 3 heteroatoms. The number of carbonyl (C=O) groups is 1. The van der Waals surface area contributed by atoms with Crippen LogP contribution in [-0.2, 0) is 9.53 Å². The molecule has 0 saturated carbocycles. The van der Waals surface area contributed by atoms with E-state index < -0.39 is 12.1 Å². The number of cyclic esters (lactones) is 1. The standard InChI is InChI=1S/C8H14O3/c1-3-8(4-2)5-11-7(10)6(8)9/h6,9H,3-5H2,1-2H3/t6-/m1/s1. The van der Waals surface area contributed by atoms with Crippen LogP contribution in [0.2, 0.25) is 0 Å². The minimum Gasteiger partial charge on any atom is -0.463 e. The number of aliphatic hydroxyl groups is 1. The number of esters is 1. The van der Waals surface area contributed by atoms with Crippen molar-refractivity contribution in [1.82, 2.24) is 0 Å². The van der Waals surface area contributed by atoms with Gasteiger partial charge in [0, 0.05) is 5.41 Å². The molecule has 1 fully saturated rings. The molecule has 64 valence electrons. The van der Waals surface area contributed by atoms with Crippen molar-refractivity contribution in [2.45, 2.75) is 32.8 Å². The molecule has 1 atom stereocenters. The molecule has 0 aromatic rings. The second-order valence-electron chi connectivity index (χ2n) is 3.08. The van der Waals surface area contributed by atoms with E-state index >= 15 is 0 Å². The molecular formula is C8H14O3. The van der Waals surface area contributed by atoms with Crippen molar-refractivity contribution in [2.75, 3.05) is 6.61 Å². The van der Waals surface area contributed by atoms with Gasteiger partial charge in [0.05, 0.1) is 0 Å². The molecule has 3 nitrogen and oxygen atoms in total. The van der Waals surface area contributed by atoms with Gasteiger partial charge in [-0.15, -0.1) is 0 Å². The topological polar surface area (TPSA) is 46.5 Å². The lowest BCUT2D eigenvalue weighted by atomic mass is 9.79. The summed E-state index contributed by atoms with van der Waals surface area (Å²) < 4.78 is 4.77. The molecule has 1 rings (SSSR count). The van der Waals surface area contributed by atoms with E-state index in [0.717, 1.165) is 12.8 Å². The Kier molecular flexibility index (Phi) is 2.18. The third-order valence-corrected chi connectivity index (χ3v) is 2.71. The summed E-state index contributed by atoms with van der Waals surface area (Å²) in [7, 11) is 0. The number of hydrogen-bond acceptors (Lipinski definition) is 3. The maximum atomic E-state index is 10.8. The van der Waals surface area contributed by atoms with Gasteiger partial charge in [-0.1, -0.05) is 13.8 Å². The van der Waals surface area contributed by atoms with Gasteiger partial charge in [-0.05, 0) is 12.8 Å². The molecular weight excluding hydrogens is 144 g/mol. The quantitative estimate of drug-likeness (QED) is 0.602. The highest BCUT2D eigenvalue weighted by atomic mass is 16.6. The van der Waals surface area contributed by atoms with Gasteiger partial charge in [0.2, 0.25) is 0 Å². The lowest BCUT2D eigenvalue weighted by Crippen LogP contribution is -2.34. The van der Waals surface area contributed by atoms with E-state index in [0.29, 0.717) is 6.61 Å². The molecule has 0 aliphatic carbocycles. The normalized spacial score (nSPS) is 28.6. The summed E-state index contributed by atoms with van der Waals surface area (Å²) in [5.41, 5.74) is -0.308. The van der Waals surface area contributed by atoms with E-state index in [9.17, 15) is 9.90 Å². The summed E-state index contributed by atoms with van der Waals surface area (Å²) in [5, 5.41) is 9.43. The van der Waals surface area contributed by atoms with Gasteiger partial charge in [-0.25, -0.2) is 4.79 Å². The summed E-state index contributed by atoms with van der Waals surface area (Å²) >= 11 is 0. The average molecular weight is 158 g/mol. The van der Waals surface area contributed by atoms with E-state index in [1.807, 2.05) is 13.8 Å². The lowest BCUT2D eigenvalue weighted by Gasteiger charge is -2.25. The van der Waals surface area contributed by atoms with Gasteiger partial charge in [0.15, 0.2) is 6.10 Å². The summed E-state index contributed by atoms with van der Waals surface area (Å²) in [4.78, 5) is 10.8. The van der Waals surface area contributed by atoms with Crippen molar-refractivity contribution in [3.05, 3.63) is 0 Å². The maximum Gasteiger partial charge on any atom is 0.335 e. The number of rotatable bonds is 2. The summed E-state index contributed by atoms with van der Waals surface area (Å²) in [6.07, 6.45) is 0.671. The predicted molar refractivity (Wildman–Crippen MR) is 40.0 cm³/mol. The summed E-state index contributed by atoms with van der Waals surface area (Å²) in [5.74, 6) is -0.464. The molecule has 1 heterocycles. The summed E-state index contributed by atoms with van der Waals surface area (Å²) in [6, 6.07) is 0. The fourth-order valence-electron chi connectivity index (χ4n) is 1.46. The van der Waals surface area contributed by atoms with E-state index in [2.05, 4.69) is 0 Å². The van der Waals surface area contributed by atoms with E-state index in [4.69, 9.17) is 4.74 Å². The van der Waals surface area contributed by atoms with Crippen LogP contribution in [0.5, 0.6) is 0 Å². The predicted octanol–water partition coefficient (Wildman–Crippen LogP) is 0.710. The molecule has 1 saturated heterocycles. The lowest BCUT2D eigenvalue weighted by molar-refractivity contribution is -0.145. The Bertz CT molecular complexity index is 161. The Labute approximate surface area is 66.4 Å². The molecule has 1 aliphatic rings. The number of ether oxygens (including phenoxy) is 1. The first kappa shape index (κ1) is 8.53. The van der Waals surface area contributed by atoms with Gasteiger partial charge in [0.25, 0.3) is 0 Å². The number of hydrogen-bond donors (Lipinski definition) is 1. The molecule has 11 heavy (non-hydrogen) atoms. The van der Waals surface area contributed by atoms with Crippen LogP contribution in [-0.4, -0.2) is 23.8 Å². The van der Waals surface area contributed by atoms with Crippen LogP contribution in [0.1, 0.15) is 26.7 Å². The minimum absolute atomic E-state index is 0.308. The Morgan fingerprint density at radius 3 is 2.36 bits per heavy atom. The highest BCUT2D eigenvalue weighted by Crippen LogP contribution is 2.36. The number of aliphatic hydroxyl groups excluding tert-OH is 1. The van der Waals surface area contributed by atoms with Crippen molar-refractivity contribution in [3.8, 4) is 0 Å². The van der Waals surface area contributed by atoms with E-state index in [-0.39, 0.29) is 5.41 Å². The first-order valence-electron chi connectivity index (χ1n) is 4.01. The fourth-order valence-corrected chi connectivity index (χ4v) is 1.46. The van der Waals surface area contributed by atoms with Gasteiger partial charge >= 0.3 is 5.97 Å². The van der Waals surface area contributed by atoms with Crippen molar-refractivity contribution in [2.24, 2.45) is 5.41 Å². The first-order chi connectivity index (χ1) is 5.16. The Morgan fingerprint density at radius 2 is 2.18 bits per heavy atom. The van der Waals surface area contributed by atoms with Gasteiger partial charge in [0.1, 0.15) is 6.61 Å². The van der Waals surface area contributed by atoms with Crippen LogP contribution in [0.3, 0.4) is 0 Å². The van der Waals surface area contributed by atoms with Crippen molar-refractivity contribution >= 4 is 5.97 Å². The zero-order valence-corrected chi connectivity index (χ0v) is 6.96. The SMILES string of the molecule is CCC1(CC)COC(=O)[C@H]1O. The van der Waals surface area contributed by atoms with Crippen LogP contribution >= 0.6 is 0 Å². The van der Waals surface area contributed by atoms with E-state index in [1.54, 1.807) is 0 Å². The highest BCUT2D eigenvalue weighted by molar-refractivity contribution is 5.77. The average Bonchev–Trinajstić information content (AvgIpc) is 2.32. The van der Waals surface area contributed by atoms with Crippen LogP contribution in [0.4, 0.5) is 0 Å². The summed E-state index contributed by atoms with van der Waals surface area (Å²) in [6.45, 7) is 4.31. The third kappa shape index (κ3) is 1.13. The molecule has 0 aromatic heterocycles. The van der Waals surface area contributed by atoms with Crippen molar-refractivity contribution in [3.63, 3.8) is 0 Å². The fraction of sp³-hybridized carbons (Fsp3) is 0.875. The smallest absolute Gasteiger partial charge is 0.335 e. The second-order valence-corrected chi connectivity index (χ2v) is 3.08. The monoisotopic (exact) mass is 158 g/mol. The Hall–Kier alpha value is -0.570. The molecule has 0 bridgehead atoms. The van der Waals surface area contributed by atoms with Gasteiger partial charge in [-0.2, -0.15) is 0 Å². The molecule has 1 N–H and O–H groups in total. The zero-order valence-electron chi connectivity index (χ0n) is 6.96. The Morgan fingerprint density at radius 1 is 1.64 bits per heavy atom. The van der Waals surface area contributed by atoms with Crippen LogP contribution < -0.4 is 0 Å². The van der Waals surface area contributed by atoms with E-state index in [1.165, 1.54) is 0 Å². The zero-order chi connectivity index (χ0) is 8.48. The van der Waals surface area contributed by atoms with Crippen molar-refractivity contribution < 1.29 is 14.6 Å². The Balaban J connectivity index is 2.77. The molecule has 0 aromatic carbocycles. The van der Waals surface area contributed by atoms with Crippen LogP contribution in [0.15, 0.2) is 0 Å². The van der Waals surface area contributed by atoms with Gasteiger partial charge < -0.3 is 9.84 Å². The van der Waals surface area contributed by atoms with Crippen LogP contribution in [0, 0.1) is 5.41 Å². The molecule has 0 unspecified atom stereocenters. The third-order valence-electron chi connectivity index (χ3n) is 2.71. The molecule has 0 radical (unpaired) electrons. The molecule has 0 amide bonds. The second kappa shape index (κ2) is 2.81. The highest BCUT2D eigenvalue weighted by Gasteiger charge is 2.46. The van der Waals surface area contributed by atoms with Crippen LogP contribution in [0.25, 0.3) is 0 Å². The van der Waals surface area contributed by atoms with Gasteiger partial charge in [-0.3, -0.25) is 0 Å². The first-order valence-corrected chi connectivity index (χ1v) is 4.01. The molecule has 1 aliphatic heterocycles. The molecule has 0 spiro atoms. The minimum atomic E-state index is -0.905. The maximum absolute atomic E-state index is 10.8.